The van der Waals surface area contributed by atoms with Gasteiger partial charge in [0.15, 0.2) is 0 Å². The Hall–Kier alpha value is -5.08. The number of benzene rings is 6. The summed E-state index contributed by atoms with van der Waals surface area (Å²) in [6.07, 6.45) is 0. The van der Waals surface area contributed by atoms with Gasteiger partial charge >= 0.3 is 0 Å². The van der Waals surface area contributed by atoms with E-state index in [1.165, 1.54) is 0 Å². The van der Waals surface area contributed by atoms with E-state index in [-0.39, 0.29) is 17.4 Å². The summed E-state index contributed by atoms with van der Waals surface area (Å²) in [7, 11) is 0. The first-order valence-corrected chi connectivity index (χ1v) is 13.1. The summed E-state index contributed by atoms with van der Waals surface area (Å²) in [4.78, 5) is 0. The number of phenols is 2. The van der Waals surface area contributed by atoms with Crippen LogP contribution in [0.2, 0.25) is 0 Å². The molecule has 2 N–H and O–H groups in total. The number of rotatable bonds is 6. The molecule has 2 nitrogen and oxygen atoms in total. The summed E-state index contributed by atoms with van der Waals surface area (Å²) in [5.41, 5.74) is 8.87. The summed E-state index contributed by atoms with van der Waals surface area (Å²) in [5.74, 6) is -0.00481. The lowest BCUT2D eigenvalue weighted by atomic mass is 9.81. The lowest BCUT2D eigenvalue weighted by Crippen LogP contribution is -2.05. The Morgan fingerprint density at radius 1 is 0.333 bits per heavy atom. The summed E-state index contributed by atoms with van der Waals surface area (Å²) in [6, 6.07) is 50.4. The van der Waals surface area contributed by atoms with Gasteiger partial charge < -0.3 is 10.2 Å². The Balaban J connectivity index is 1.53. The molecule has 0 aliphatic rings. The zero-order valence-corrected chi connectivity index (χ0v) is 21.4. The third kappa shape index (κ3) is 5.05. The van der Waals surface area contributed by atoms with Crippen LogP contribution >= 0.6 is 0 Å². The molecule has 6 aromatic rings. The summed E-state index contributed by atoms with van der Waals surface area (Å²) < 4.78 is 0. The van der Waals surface area contributed by atoms with Gasteiger partial charge in [-0.15, -0.1) is 0 Å². The van der Waals surface area contributed by atoms with E-state index >= 15 is 0 Å². The van der Waals surface area contributed by atoms with Crippen molar-refractivity contribution in [3.63, 3.8) is 0 Å². The van der Waals surface area contributed by atoms with Crippen molar-refractivity contribution in [2.45, 2.75) is 5.92 Å². The molecule has 0 aliphatic carbocycles. The Morgan fingerprint density at radius 3 is 1.08 bits per heavy atom. The second kappa shape index (κ2) is 10.7. The first kappa shape index (κ1) is 24.3. The highest BCUT2D eigenvalue weighted by molar-refractivity contribution is 5.71. The molecule has 0 atom stereocenters. The van der Waals surface area contributed by atoms with Crippen LogP contribution in [0.5, 0.6) is 11.5 Å². The second-order valence-corrected chi connectivity index (χ2v) is 9.70. The van der Waals surface area contributed by atoms with E-state index in [1.54, 1.807) is 12.1 Å². The SMILES string of the molecule is Oc1ccc(-c2ccccc2)cc1C(c1ccc(-c2ccccc2)cc1)c1cc(-c2ccccc2)ccc1O. The van der Waals surface area contributed by atoms with Gasteiger partial charge in [0, 0.05) is 17.0 Å². The molecule has 0 amide bonds. The van der Waals surface area contributed by atoms with Crippen LogP contribution in [0.4, 0.5) is 0 Å². The van der Waals surface area contributed by atoms with Crippen molar-refractivity contribution in [1.29, 1.82) is 0 Å². The quantitative estimate of drug-likeness (QED) is 0.222. The van der Waals surface area contributed by atoms with Gasteiger partial charge in [-0.3, -0.25) is 0 Å². The van der Waals surface area contributed by atoms with Gasteiger partial charge in [0.1, 0.15) is 11.5 Å². The molecule has 2 heteroatoms. The van der Waals surface area contributed by atoms with Crippen LogP contribution in [0.3, 0.4) is 0 Å². The van der Waals surface area contributed by atoms with Gasteiger partial charge in [-0.25, -0.2) is 0 Å². The summed E-state index contributed by atoms with van der Waals surface area (Å²) in [6.45, 7) is 0. The Bertz CT molecular complexity index is 1600. The van der Waals surface area contributed by atoms with Gasteiger partial charge in [0.2, 0.25) is 0 Å². The standard InChI is InChI=1S/C37H28O2/c38-35-22-20-31(27-12-6-2-7-13-27)24-33(35)37(30-18-16-29(17-19-30)26-10-4-1-5-11-26)34-25-32(21-23-36(34)39)28-14-8-3-9-15-28/h1-25,37-39H. The van der Waals surface area contributed by atoms with Gasteiger partial charge in [-0.2, -0.15) is 0 Å². The third-order valence-corrected chi connectivity index (χ3v) is 7.24. The van der Waals surface area contributed by atoms with Crippen LogP contribution < -0.4 is 0 Å². The fourth-order valence-corrected chi connectivity index (χ4v) is 5.22. The van der Waals surface area contributed by atoms with Crippen LogP contribution in [0.15, 0.2) is 152 Å². The molecule has 6 aromatic carbocycles. The smallest absolute Gasteiger partial charge is 0.119 e. The van der Waals surface area contributed by atoms with Crippen molar-refractivity contribution in [1.82, 2.24) is 0 Å². The zero-order valence-electron chi connectivity index (χ0n) is 21.4. The average Bonchev–Trinajstić information content (AvgIpc) is 3.01. The molecule has 0 saturated carbocycles. The van der Waals surface area contributed by atoms with Crippen molar-refractivity contribution in [2.24, 2.45) is 0 Å². The van der Waals surface area contributed by atoms with E-state index in [2.05, 4.69) is 60.7 Å². The van der Waals surface area contributed by atoms with Crippen LogP contribution in [0.25, 0.3) is 33.4 Å². The number of aromatic hydroxyl groups is 2. The van der Waals surface area contributed by atoms with E-state index < -0.39 is 0 Å². The van der Waals surface area contributed by atoms with Crippen LogP contribution in [-0.4, -0.2) is 10.2 Å². The predicted molar refractivity (Wildman–Crippen MR) is 160 cm³/mol. The predicted octanol–water partition coefficient (Wildman–Crippen LogP) is 9.28. The van der Waals surface area contributed by atoms with Crippen LogP contribution in [-0.2, 0) is 0 Å². The van der Waals surface area contributed by atoms with Gasteiger partial charge in [-0.1, -0.05) is 127 Å². The van der Waals surface area contributed by atoms with E-state index in [9.17, 15) is 10.2 Å². The fraction of sp³-hybridized carbons (Fsp3) is 0.0270. The first-order valence-electron chi connectivity index (χ1n) is 13.1. The van der Waals surface area contributed by atoms with Crippen molar-refractivity contribution in [2.75, 3.05) is 0 Å². The molecule has 0 aliphatic heterocycles. The molecular formula is C37H28O2. The number of hydrogen-bond donors (Lipinski definition) is 2. The summed E-state index contributed by atoms with van der Waals surface area (Å²) >= 11 is 0. The van der Waals surface area contributed by atoms with E-state index in [4.69, 9.17) is 0 Å². The molecular weight excluding hydrogens is 476 g/mol. The molecule has 188 valence electrons. The monoisotopic (exact) mass is 504 g/mol. The highest BCUT2D eigenvalue weighted by Gasteiger charge is 2.24. The third-order valence-electron chi connectivity index (χ3n) is 7.24. The minimum atomic E-state index is -0.387. The molecule has 0 heterocycles. The van der Waals surface area contributed by atoms with Crippen LogP contribution in [0.1, 0.15) is 22.6 Å². The lowest BCUT2D eigenvalue weighted by Gasteiger charge is -2.23. The van der Waals surface area contributed by atoms with Crippen molar-refractivity contribution in [3.05, 3.63) is 168 Å². The highest BCUT2D eigenvalue weighted by atomic mass is 16.3. The van der Waals surface area contributed by atoms with Crippen molar-refractivity contribution < 1.29 is 10.2 Å². The maximum atomic E-state index is 11.2. The Kier molecular flexibility index (Phi) is 6.67. The highest BCUT2D eigenvalue weighted by Crippen LogP contribution is 2.43. The van der Waals surface area contributed by atoms with Crippen molar-refractivity contribution >= 4 is 0 Å². The topological polar surface area (TPSA) is 40.5 Å². The maximum Gasteiger partial charge on any atom is 0.119 e. The van der Waals surface area contributed by atoms with Gasteiger partial charge in [0.05, 0.1) is 0 Å². The minimum absolute atomic E-state index is 0.191. The van der Waals surface area contributed by atoms with Gasteiger partial charge in [0.25, 0.3) is 0 Å². The Labute approximate surface area is 229 Å². The zero-order chi connectivity index (χ0) is 26.6. The Morgan fingerprint density at radius 2 is 0.667 bits per heavy atom. The molecule has 39 heavy (non-hydrogen) atoms. The lowest BCUT2D eigenvalue weighted by molar-refractivity contribution is 0.459. The normalized spacial score (nSPS) is 11.0. The minimum Gasteiger partial charge on any atom is -0.508 e. The molecule has 0 saturated heterocycles. The molecule has 6 rings (SSSR count). The largest absolute Gasteiger partial charge is 0.508 e. The maximum absolute atomic E-state index is 11.2. The summed E-state index contributed by atoms with van der Waals surface area (Å²) in [5, 5.41) is 22.4. The molecule has 0 bridgehead atoms. The van der Waals surface area contributed by atoms with Crippen molar-refractivity contribution in [3.8, 4) is 44.9 Å². The molecule has 0 aromatic heterocycles. The van der Waals surface area contributed by atoms with E-state index in [0.29, 0.717) is 0 Å². The van der Waals surface area contributed by atoms with E-state index in [0.717, 1.165) is 50.1 Å². The van der Waals surface area contributed by atoms with Crippen LogP contribution in [0, 0.1) is 0 Å². The second-order valence-electron chi connectivity index (χ2n) is 9.70. The molecule has 0 fully saturated rings. The molecule has 0 radical (unpaired) electrons. The van der Waals surface area contributed by atoms with Gasteiger partial charge in [-0.05, 0) is 63.2 Å². The fourth-order valence-electron chi connectivity index (χ4n) is 5.22. The van der Waals surface area contributed by atoms with E-state index in [1.807, 2.05) is 78.9 Å². The first-order chi connectivity index (χ1) is 19.2. The molecule has 0 unspecified atom stereocenters. The molecule has 0 spiro atoms. The number of phenolic OH excluding ortho intramolecular Hbond substituents is 2. The average molecular weight is 505 g/mol. The number of hydrogen-bond acceptors (Lipinski definition) is 2.